The van der Waals surface area contributed by atoms with Gasteiger partial charge in [-0.3, -0.25) is 9.59 Å². The van der Waals surface area contributed by atoms with Crippen molar-refractivity contribution in [2.24, 2.45) is 0 Å². The van der Waals surface area contributed by atoms with Crippen molar-refractivity contribution in [3.8, 4) is 5.75 Å². The van der Waals surface area contributed by atoms with E-state index in [1.165, 1.54) is 6.92 Å². The van der Waals surface area contributed by atoms with Gasteiger partial charge in [0.15, 0.2) is 0 Å². The molecule has 0 radical (unpaired) electrons. The van der Waals surface area contributed by atoms with Crippen LogP contribution in [-0.2, 0) is 9.53 Å². The first-order chi connectivity index (χ1) is 11.5. The first-order valence-corrected chi connectivity index (χ1v) is 8.00. The summed E-state index contributed by atoms with van der Waals surface area (Å²) in [5.41, 5.74) is 0.532. The Morgan fingerprint density at radius 2 is 1.79 bits per heavy atom. The standard InChI is InChI=1S/C17H22N2O5/c1-3-23-17(22)24-15-6-4-13(5-7-15)16(21)19-10-8-14(9-11-19)18-12(2)20/h4-7,14H,3,8-11H2,1-2H3,(H,18,20). The zero-order valence-electron chi connectivity index (χ0n) is 13.9. The SMILES string of the molecule is CCOC(=O)Oc1ccc(C(=O)N2CCC(NC(C)=O)CC2)cc1. The van der Waals surface area contributed by atoms with Gasteiger partial charge in [-0.2, -0.15) is 0 Å². The van der Waals surface area contributed by atoms with Gasteiger partial charge in [-0.1, -0.05) is 0 Å². The maximum atomic E-state index is 12.5. The molecule has 1 N–H and O–H groups in total. The Labute approximate surface area is 140 Å². The Balaban J connectivity index is 1.89. The smallest absolute Gasteiger partial charge is 0.434 e. The fraction of sp³-hybridized carbons (Fsp3) is 0.471. The third-order valence-electron chi connectivity index (χ3n) is 3.75. The van der Waals surface area contributed by atoms with Crippen molar-refractivity contribution >= 4 is 18.0 Å². The normalized spacial score (nSPS) is 14.8. The number of nitrogens with zero attached hydrogens (tertiary/aromatic N) is 1. The topological polar surface area (TPSA) is 84.9 Å². The molecular weight excluding hydrogens is 312 g/mol. The van der Waals surface area contributed by atoms with Crippen LogP contribution >= 0.6 is 0 Å². The van der Waals surface area contributed by atoms with Crippen molar-refractivity contribution in [2.75, 3.05) is 19.7 Å². The minimum Gasteiger partial charge on any atom is -0.434 e. The first kappa shape index (κ1) is 17.8. The summed E-state index contributed by atoms with van der Waals surface area (Å²) in [6.45, 7) is 4.63. The van der Waals surface area contributed by atoms with Gasteiger partial charge in [-0.05, 0) is 44.0 Å². The Kier molecular flexibility index (Phi) is 6.17. The molecule has 1 saturated heterocycles. The van der Waals surface area contributed by atoms with Gasteiger partial charge in [-0.15, -0.1) is 0 Å². The molecule has 0 aromatic heterocycles. The van der Waals surface area contributed by atoms with Crippen molar-refractivity contribution in [3.05, 3.63) is 29.8 Å². The van der Waals surface area contributed by atoms with Crippen LogP contribution in [0.1, 0.15) is 37.0 Å². The Morgan fingerprint density at radius 1 is 1.17 bits per heavy atom. The first-order valence-electron chi connectivity index (χ1n) is 8.00. The number of likely N-dealkylation sites (tertiary alicyclic amines) is 1. The van der Waals surface area contributed by atoms with Crippen molar-refractivity contribution in [1.82, 2.24) is 10.2 Å². The number of carbonyl (C=O) groups is 3. The zero-order chi connectivity index (χ0) is 17.5. The van der Waals surface area contributed by atoms with Gasteiger partial charge in [0.05, 0.1) is 6.61 Å². The van der Waals surface area contributed by atoms with E-state index in [0.717, 1.165) is 12.8 Å². The molecule has 0 unspecified atom stereocenters. The summed E-state index contributed by atoms with van der Waals surface area (Å²) >= 11 is 0. The number of hydrogen-bond acceptors (Lipinski definition) is 5. The van der Waals surface area contributed by atoms with Gasteiger partial charge in [0.25, 0.3) is 5.91 Å². The molecule has 2 rings (SSSR count). The van der Waals surface area contributed by atoms with Crippen LogP contribution in [-0.4, -0.2) is 48.6 Å². The van der Waals surface area contributed by atoms with Crippen molar-refractivity contribution in [3.63, 3.8) is 0 Å². The van der Waals surface area contributed by atoms with Gasteiger partial charge in [0, 0.05) is 31.6 Å². The van der Waals surface area contributed by atoms with E-state index in [2.05, 4.69) is 10.1 Å². The van der Waals surface area contributed by atoms with E-state index < -0.39 is 6.16 Å². The van der Waals surface area contributed by atoms with Gasteiger partial charge >= 0.3 is 6.16 Å². The van der Waals surface area contributed by atoms with Crippen molar-refractivity contribution in [1.29, 1.82) is 0 Å². The maximum absolute atomic E-state index is 12.5. The minimum atomic E-state index is -0.767. The van der Waals surface area contributed by atoms with Crippen molar-refractivity contribution in [2.45, 2.75) is 32.7 Å². The van der Waals surface area contributed by atoms with E-state index in [1.807, 2.05) is 0 Å². The van der Waals surface area contributed by atoms with E-state index >= 15 is 0 Å². The number of ether oxygens (including phenoxy) is 2. The summed E-state index contributed by atoms with van der Waals surface area (Å²) in [6.07, 6.45) is 0.724. The molecule has 0 bridgehead atoms. The largest absolute Gasteiger partial charge is 0.513 e. The van der Waals surface area contributed by atoms with E-state index in [-0.39, 0.29) is 24.5 Å². The fourth-order valence-corrected chi connectivity index (χ4v) is 2.61. The van der Waals surface area contributed by atoms with Crippen LogP contribution in [0.4, 0.5) is 4.79 Å². The van der Waals surface area contributed by atoms with E-state index in [0.29, 0.717) is 24.4 Å². The highest BCUT2D eigenvalue weighted by molar-refractivity contribution is 5.94. The molecule has 1 heterocycles. The van der Waals surface area contributed by atoms with Crippen LogP contribution < -0.4 is 10.1 Å². The van der Waals surface area contributed by atoms with Gasteiger partial charge in [0.2, 0.25) is 5.91 Å². The van der Waals surface area contributed by atoms with Gasteiger partial charge in [-0.25, -0.2) is 4.79 Å². The van der Waals surface area contributed by atoms with Gasteiger partial charge in [0.1, 0.15) is 5.75 Å². The summed E-state index contributed by atoms with van der Waals surface area (Å²) < 4.78 is 9.65. The predicted molar refractivity (Wildman–Crippen MR) is 86.8 cm³/mol. The highest BCUT2D eigenvalue weighted by atomic mass is 16.7. The molecule has 0 aliphatic carbocycles. The fourth-order valence-electron chi connectivity index (χ4n) is 2.61. The monoisotopic (exact) mass is 334 g/mol. The Hall–Kier alpha value is -2.57. The zero-order valence-corrected chi connectivity index (χ0v) is 13.9. The highest BCUT2D eigenvalue weighted by Gasteiger charge is 2.24. The number of benzene rings is 1. The van der Waals surface area contributed by atoms with E-state index in [1.54, 1.807) is 36.1 Å². The maximum Gasteiger partial charge on any atom is 0.513 e. The molecule has 7 nitrogen and oxygen atoms in total. The number of nitrogens with one attached hydrogen (secondary N) is 1. The number of piperidine rings is 1. The summed E-state index contributed by atoms with van der Waals surface area (Å²) in [5, 5.41) is 2.88. The Bertz CT molecular complexity index is 592. The summed E-state index contributed by atoms with van der Waals surface area (Å²) in [4.78, 5) is 36.5. The average molecular weight is 334 g/mol. The van der Waals surface area contributed by atoms with Crippen molar-refractivity contribution < 1.29 is 23.9 Å². The average Bonchev–Trinajstić information content (AvgIpc) is 2.55. The lowest BCUT2D eigenvalue weighted by molar-refractivity contribution is -0.119. The molecule has 24 heavy (non-hydrogen) atoms. The van der Waals surface area contributed by atoms with Crippen LogP contribution in [0.5, 0.6) is 5.75 Å². The molecular formula is C17H22N2O5. The van der Waals surface area contributed by atoms with Crippen LogP contribution in [0.3, 0.4) is 0 Å². The third kappa shape index (κ3) is 4.97. The second kappa shape index (κ2) is 8.33. The summed E-state index contributed by atoms with van der Waals surface area (Å²) in [6, 6.07) is 6.50. The van der Waals surface area contributed by atoms with Crippen LogP contribution in [0.2, 0.25) is 0 Å². The number of rotatable bonds is 4. The van der Waals surface area contributed by atoms with E-state index in [9.17, 15) is 14.4 Å². The summed E-state index contributed by atoms with van der Waals surface area (Å²) in [5.74, 6) is 0.213. The molecule has 0 saturated carbocycles. The quantitative estimate of drug-likeness (QED) is 0.672. The molecule has 0 atom stereocenters. The molecule has 1 aromatic carbocycles. The molecule has 1 aliphatic heterocycles. The molecule has 0 spiro atoms. The molecule has 130 valence electrons. The lowest BCUT2D eigenvalue weighted by Gasteiger charge is -2.32. The molecule has 1 aromatic rings. The second-order valence-electron chi connectivity index (χ2n) is 5.58. The third-order valence-corrected chi connectivity index (χ3v) is 3.75. The molecule has 1 fully saturated rings. The predicted octanol–water partition coefficient (Wildman–Crippen LogP) is 1.96. The lowest BCUT2D eigenvalue weighted by Crippen LogP contribution is -2.46. The number of carbonyl (C=O) groups excluding carboxylic acids is 3. The summed E-state index contributed by atoms with van der Waals surface area (Å²) in [7, 11) is 0. The highest BCUT2D eigenvalue weighted by Crippen LogP contribution is 2.17. The second-order valence-corrected chi connectivity index (χ2v) is 5.58. The lowest BCUT2D eigenvalue weighted by atomic mass is 10.0. The van der Waals surface area contributed by atoms with Gasteiger partial charge < -0.3 is 19.7 Å². The Morgan fingerprint density at radius 3 is 2.33 bits per heavy atom. The van der Waals surface area contributed by atoms with Crippen LogP contribution in [0.15, 0.2) is 24.3 Å². The molecule has 7 heteroatoms. The van der Waals surface area contributed by atoms with Crippen LogP contribution in [0, 0.1) is 0 Å². The van der Waals surface area contributed by atoms with E-state index in [4.69, 9.17) is 4.74 Å². The molecule has 2 amide bonds. The minimum absolute atomic E-state index is 0.0445. The number of amides is 2. The molecule has 1 aliphatic rings. The van der Waals surface area contributed by atoms with Crippen LogP contribution in [0.25, 0.3) is 0 Å². The number of hydrogen-bond donors (Lipinski definition) is 1.